The summed E-state index contributed by atoms with van der Waals surface area (Å²) in [5.41, 5.74) is -0.149. The Morgan fingerprint density at radius 2 is 2.06 bits per heavy atom. The van der Waals surface area contributed by atoms with Crippen LogP contribution in [0.3, 0.4) is 0 Å². The van der Waals surface area contributed by atoms with Gasteiger partial charge in [-0.1, -0.05) is 23.2 Å². The molecule has 88 valence electrons. The van der Waals surface area contributed by atoms with E-state index in [2.05, 4.69) is 5.32 Å². The Hall–Kier alpha value is -0.510. The molecule has 0 spiro atoms. The molecule has 1 N–H and O–H groups in total. The zero-order chi connectivity index (χ0) is 11.5. The fourth-order valence-electron chi connectivity index (χ4n) is 2.04. The van der Waals surface area contributed by atoms with Gasteiger partial charge in [-0.15, -0.1) is 0 Å². The molecular formula is C11H14Cl2N2O. The third kappa shape index (κ3) is 2.78. The molecule has 0 saturated carbocycles. The molecule has 1 aromatic heterocycles. The minimum Gasteiger partial charge on any atom is -0.317 e. The van der Waals surface area contributed by atoms with Crippen LogP contribution >= 0.6 is 23.2 Å². The van der Waals surface area contributed by atoms with Crippen LogP contribution in [0.1, 0.15) is 12.8 Å². The number of piperidine rings is 1. The second-order valence-electron chi connectivity index (χ2n) is 4.16. The van der Waals surface area contributed by atoms with E-state index in [0.717, 1.165) is 25.9 Å². The van der Waals surface area contributed by atoms with Crippen LogP contribution in [0.25, 0.3) is 0 Å². The van der Waals surface area contributed by atoms with Gasteiger partial charge in [0.1, 0.15) is 5.02 Å². The molecule has 0 unspecified atom stereocenters. The first-order chi connectivity index (χ1) is 7.66. The highest BCUT2D eigenvalue weighted by Crippen LogP contribution is 2.16. The second kappa shape index (κ2) is 5.21. The van der Waals surface area contributed by atoms with Crippen molar-refractivity contribution in [2.24, 2.45) is 5.92 Å². The van der Waals surface area contributed by atoms with Gasteiger partial charge in [0, 0.05) is 12.7 Å². The molecule has 0 radical (unpaired) electrons. The molecule has 1 fully saturated rings. The minimum absolute atomic E-state index is 0.149. The third-order valence-electron chi connectivity index (χ3n) is 2.92. The molecule has 2 heterocycles. The van der Waals surface area contributed by atoms with Crippen molar-refractivity contribution in [3.05, 3.63) is 32.7 Å². The summed E-state index contributed by atoms with van der Waals surface area (Å²) in [4.78, 5) is 11.8. The molecule has 1 saturated heterocycles. The maximum Gasteiger partial charge on any atom is 0.269 e. The van der Waals surface area contributed by atoms with E-state index in [-0.39, 0.29) is 10.6 Å². The molecule has 1 aromatic rings. The number of nitrogens with one attached hydrogen (secondary N) is 1. The average Bonchev–Trinajstić information content (AvgIpc) is 2.27. The average molecular weight is 261 g/mol. The fourth-order valence-corrected chi connectivity index (χ4v) is 2.55. The summed E-state index contributed by atoms with van der Waals surface area (Å²) in [6.07, 6.45) is 3.85. The number of pyridine rings is 1. The Morgan fingerprint density at radius 3 is 2.75 bits per heavy atom. The lowest BCUT2D eigenvalue weighted by atomic mass is 9.98. The third-order valence-corrected chi connectivity index (χ3v) is 3.40. The molecule has 0 atom stereocenters. The van der Waals surface area contributed by atoms with Gasteiger partial charge in [0.25, 0.3) is 5.56 Å². The molecule has 16 heavy (non-hydrogen) atoms. The summed E-state index contributed by atoms with van der Waals surface area (Å²) in [5.74, 6) is 0.536. The smallest absolute Gasteiger partial charge is 0.269 e. The van der Waals surface area contributed by atoms with Crippen LogP contribution in [0, 0.1) is 5.92 Å². The van der Waals surface area contributed by atoms with E-state index in [1.54, 1.807) is 10.8 Å². The van der Waals surface area contributed by atoms with Crippen molar-refractivity contribution >= 4 is 23.2 Å². The molecule has 0 aromatic carbocycles. The highest BCUT2D eigenvalue weighted by molar-refractivity contribution is 6.34. The summed E-state index contributed by atoms with van der Waals surface area (Å²) in [5, 5.41) is 4.01. The Labute approximate surface area is 104 Å². The summed E-state index contributed by atoms with van der Waals surface area (Å²) >= 11 is 11.7. The van der Waals surface area contributed by atoms with Crippen LogP contribution in [0.2, 0.25) is 10.0 Å². The summed E-state index contributed by atoms with van der Waals surface area (Å²) < 4.78 is 1.63. The van der Waals surface area contributed by atoms with E-state index in [1.165, 1.54) is 6.07 Å². The molecule has 5 heteroatoms. The SMILES string of the molecule is O=c1c(Cl)cc(Cl)cn1CC1CCNCC1. The maximum absolute atomic E-state index is 11.8. The van der Waals surface area contributed by atoms with Gasteiger partial charge in [0.05, 0.1) is 5.02 Å². The highest BCUT2D eigenvalue weighted by Gasteiger charge is 2.15. The quantitative estimate of drug-likeness (QED) is 0.885. The van der Waals surface area contributed by atoms with Crippen LogP contribution in [0.5, 0.6) is 0 Å². The van der Waals surface area contributed by atoms with Crippen LogP contribution in [-0.4, -0.2) is 17.7 Å². The van der Waals surface area contributed by atoms with E-state index < -0.39 is 0 Å². The van der Waals surface area contributed by atoms with E-state index in [1.807, 2.05) is 0 Å². The van der Waals surface area contributed by atoms with Crippen molar-refractivity contribution in [3.63, 3.8) is 0 Å². The van der Waals surface area contributed by atoms with Crippen LogP contribution in [0.4, 0.5) is 0 Å². The van der Waals surface area contributed by atoms with Gasteiger partial charge in [0.2, 0.25) is 0 Å². The lowest BCUT2D eigenvalue weighted by molar-refractivity contribution is 0.330. The van der Waals surface area contributed by atoms with Gasteiger partial charge in [-0.2, -0.15) is 0 Å². The molecule has 1 aliphatic heterocycles. The zero-order valence-electron chi connectivity index (χ0n) is 8.88. The Kier molecular flexibility index (Phi) is 3.90. The van der Waals surface area contributed by atoms with Gasteiger partial charge in [-0.3, -0.25) is 4.79 Å². The van der Waals surface area contributed by atoms with Gasteiger partial charge >= 0.3 is 0 Å². The number of rotatable bonds is 2. The van der Waals surface area contributed by atoms with Crippen LogP contribution in [0.15, 0.2) is 17.1 Å². The molecule has 2 rings (SSSR count). The van der Waals surface area contributed by atoms with E-state index in [0.29, 0.717) is 17.5 Å². The van der Waals surface area contributed by atoms with E-state index in [9.17, 15) is 4.79 Å². The Balaban J connectivity index is 2.17. The first-order valence-electron chi connectivity index (χ1n) is 5.43. The predicted octanol–water partition coefficient (Wildman–Crippen LogP) is 2.15. The van der Waals surface area contributed by atoms with Crippen molar-refractivity contribution in [1.82, 2.24) is 9.88 Å². The monoisotopic (exact) mass is 260 g/mol. The van der Waals surface area contributed by atoms with Crippen LogP contribution in [-0.2, 0) is 6.54 Å². The van der Waals surface area contributed by atoms with Gasteiger partial charge < -0.3 is 9.88 Å². The summed E-state index contributed by atoms with van der Waals surface area (Å²) in [6, 6.07) is 1.49. The lowest BCUT2D eigenvalue weighted by Crippen LogP contribution is -2.32. The van der Waals surface area contributed by atoms with Crippen molar-refractivity contribution < 1.29 is 0 Å². The van der Waals surface area contributed by atoms with E-state index in [4.69, 9.17) is 23.2 Å². The topological polar surface area (TPSA) is 34.0 Å². The predicted molar refractivity (Wildman–Crippen MR) is 66.3 cm³/mol. The zero-order valence-corrected chi connectivity index (χ0v) is 10.4. The first kappa shape index (κ1) is 12.0. The molecular weight excluding hydrogens is 247 g/mol. The van der Waals surface area contributed by atoms with Crippen molar-refractivity contribution in [2.45, 2.75) is 19.4 Å². The summed E-state index contributed by atoms with van der Waals surface area (Å²) in [7, 11) is 0. The normalized spacial score (nSPS) is 17.6. The van der Waals surface area contributed by atoms with Gasteiger partial charge in [-0.05, 0) is 37.9 Å². The fraction of sp³-hybridized carbons (Fsp3) is 0.545. The van der Waals surface area contributed by atoms with E-state index >= 15 is 0 Å². The summed E-state index contributed by atoms with van der Waals surface area (Å²) in [6.45, 7) is 2.75. The van der Waals surface area contributed by atoms with Gasteiger partial charge in [0.15, 0.2) is 0 Å². The number of nitrogens with zero attached hydrogens (tertiary/aromatic N) is 1. The minimum atomic E-state index is -0.149. The van der Waals surface area contributed by atoms with Gasteiger partial charge in [-0.25, -0.2) is 0 Å². The van der Waals surface area contributed by atoms with Crippen molar-refractivity contribution in [3.8, 4) is 0 Å². The largest absolute Gasteiger partial charge is 0.317 e. The number of halogens is 2. The Morgan fingerprint density at radius 1 is 1.38 bits per heavy atom. The first-order valence-corrected chi connectivity index (χ1v) is 6.18. The number of hydrogen-bond acceptors (Lipinski definition) is 2. The highest BCUT2D eigenvalue weighted by atomic mass is 35.5. The standard InChI is InChI=1S/C11H14Cl2N2O/c12-9-5-10(13)11(16)15(7-9)6-8-1-3-14-4-2-8/h5,7-8,14H,1-4,6H2. The van der Waals surface area contributed by atoms with Crippen LogP contribution < -0.4 is 10.9 Å². The Bertz CT molecular complexity index is 424. The maximum atomic E-state index is 11.8. The molecule has 0 bridgehead atoms. The molecule has 3 nitrogen and oxygen atoms in total. The van der Waals surface area contributed by atoms with Crippen molar-refractivity contribution in [1.29, 1.82) is 0 Å². The molecule has 0 amide bonds. The molecule has 1 aliphatic rings. The lowest BCUT2D eigenvalue weighted by Gasteiger charge is -2.23. The van der Waals surface area contributed by atoms with Crippen molar-refractivity contribution in [2.75, 3.05) is 13.1 Å². The molecule has 0 aliphatic carbocycles. The number of hydrogen-bond donors (Lipinski definition) is 1. The number of aromatic nitrogens is 1. The second-order valence-corrected chi connectivity index (χ2v) is 5.00.